The van der Waals surface area contributed by atoms with Crippen molar-refractivity contribution in [3.8, 4) is 0 Å². The summed E-state index contributed by atoms with van der Waals surface area (Å²) in [7, 11) is 1.80. The number of rotatable bonds is 4. The van der Waals surface area contributed by atoms with E-state index in [1.54, 1.807) is 28.9 Å². The molecule has 0 fully saturated rings. The van der Waals surface area contributed by atoms with Gasteiger partial charge in [0.15, 0.2) is 0 Å². The van der Waals surface area contributed by atoms with Crippen LogP contribution in [0.4, 0.5) is 0 Å². The Hall–Kier alpha value is -2.69. The topological polar surface area (TPSA) is 51.0 Å². The molecule has 0 radical (unpaired) electrons. The molecule has 0 saturated heterocycles. The molecule has 0 saturated carbocycles. The van der Waals surface area contributed by atoms with Crippen molar-refractivity contribution >= 4 is 16.8 Å². The van der Waals surface area contributed by atoms with E-state index in [0.717, 1.165) is 16.5 Å². The number of carbonyl (C=O) groups excluding carboxylic acids is 1. The summed E-state index contributed by atoms with van der Waals surface area (Å²) in [6, 6.07) is 12.0. The van der Waals surface area contributed by atoms with Gasteiger partial charge in [-0.3, -0.25) is 14.5 Å². The Kier molecular flexibility index (Phi) is 4.10. The second kappa shape index (κ2) is 6.20. The van der Waals surface area contributed by atoms with Crippen molar-refractivity contribution in [3.63, 3.8) is 0 Å². The van der Waals surface area contributed by atoms with Crippen LogP contribution in [0.2, 0.25) is 0 Å². The fraction of sp³-hybridized carbons (Fsp3) is 0.278. The Morgan fingerprint density at radius 2 is 2.09 bits per heavy atom. The van der Waals surface area contributed by atoms with Crippen LogP contribution in [0.3, 0.4) is 0 Å². The van der Waals surface area contributed by atoms with Crippen LogP contribution in [0.25, 0.3) is 10.9 Å². The molecule has 1 amide bonds. The second-order valence-electron chi connectivity index (χ2n) is 5.97. The molecule has 5 nitrogen and oxygen atoms in total. The highest BCUT2D eigenvalue weighted by atomic mass is 16.2. The molecule has 0 N–H and O–H groups in total. The summed E-state index contributed by atoms with van der Waals surface area (Å²) in [5.74, 6) is -0.0734. The second-order valence-corrected chi connectivity index (χ2v) is 5.97. The number of hydrogen-bond acceptors (Lipinski definition) is 3. The Bertz CT molecular complexity index is 838. The molecule has 1 aromatic carbocycles. The summed E-state index contributed by atoms with van der Waals surface area (Å²) < 4.78 is 1.79. The van der Waals surface area contributed by atoms with E-state index < -0.39 is 0 Å². The van der Waals surface area contributed by atoms with Crippen molar-refractivity contribution in [2.24, 2.45) is 0 Å². The number of amides is 1. The van der Waals surface area contributed by atoms with Gasteiger partial charge in [0, 0.05) is 37.4 Å². The van der Waals surface area contributed by atoms with E-state index in [0.29, 0.717) is 12.2 Å². The Labute approximate surface area is 135 Å². The van der Waals surface area contributed by atoms with E-state index in [1.807, 2.05) is 44.3 Å². The lowest BCUT2D eigenvalue weighted by atomic mass is 10.1. The van der Waals surface area contributed by atoms with Crippen molar-refractivity contribution in [2.75, 3.05) is 7.05 Å². The first-order valence-corrected chi connectivity index (χ1v) is 7.69. The number of pyridine rings is 1. The molecule has 5 heteroatoms. The first-order valence-electron chi connectivity index (χ1n) is 7.69. The van der Waals surface area contributed by atoms with Gasteiger partial charge in [-0.2, -0.15) is 5.10 Å². The minimum absolute atomic E-state index is 0.0734. The lowest BCUT2D eigenvalue weighted by molar-refractivity contribution is 0.0778. The molecular weight excluding hydrogens is 288 g/mol. The van der Waals surface area contributed by atoms with E-state index in [1.165, 1.54) is 0 Å². The minimum atomic E-state index is -0.0734. The number of benzene rings is 1. The predicted molar refractivity (Wildman–Crippen MR) is 90.2 cm³/mol. The average molecular weight is 308 g/mol. The van der Waals surface area contributed by atoms with E-state index in [4.69, 9.17) is 0 Å². The molecule has 0 aliphatic carbocycles. The summed E-state index contributed by atoms with van der Waals surface area (Å²) in [4.78, 5) is 18.5. The fourth-order valence-corrected chi connectivity index (χ4v) is 2.50. The van der Waals surface area contributed by atoms with Gasteiger partial charge in [-0.05, 0) is 43.7 Å². The van der Waals surface area contributed by atoms with Crippen LogP contribution < -0.4 is 0 Å². The summed E-state index contributed by atoms with van der Waals surface area (Å²) in [5, 5.41) is 5.42. The van der Waals surface area contributed by atoms with Gasteiger partial charge in [0.2, 0.25) is 0 Å². The fourth-order valence-electron chi connectivity index (χ4n) is 2.50. The zero-order valence-electron chi connectivity index (χ0n) is 13.6. The van der Waals surface area contributed by atoms with Gasteiger partial charge in [-0.1, -0.05) is 12.1 Å². The Morgan fingerprint density at radius 3 is 2.83 bits per heavy atom. The third-order valence-electron chi connectivity index (χ3n) is 3.79. The third kappa shape index (κ3) is 3.23. The maximum Gasteiger partial charge on any atom is 0.274 e. The first kappa shape index (κ1) is 15.2. The molecule has 2 heterocycles. The molecule has 0 bridgehead atoms. The van der Waals surface area contributed by atoms with Crippen molar-refractivity contribution in [2.45, 2.75) is 26.4 Å². The molecular formula is C18H20N4O. The molecule has 23 heavy (non-hydrogen) atoms. The van der Waals surface area contributed by atoms with E-state index in [-0.39, 0.29) is 11.9 Å². The molecule has 0 atom stereocenters. The summed E-state index contributed by atoms with van der Waals surface area (Å²) >= 11 is 0. The van der Waals surface area contributed by atoms with Crippen molar-refractivity contribution in [1.29, 1.82) is 0 Å². The lowest BCUT2D eigenvalue weighted by Crippen LogP contribution is -2.26. The molecule has 118 valence electrons. The highest BCUT2D eigenvalue weighted by molar-refractivity contribution is 5.92. The van der Waals surface area contributed by atoms with Gasteiger partial charge in [-0.15, -0.1) is 0 Å². The highest BCUT2D eigenvalue weighted by Gasteiger charge is 2.15. The van der Waals surface area contributed by atoms with Gasteiger partial charge in [0.1, 0.15) is 5.69 Å². The summed E-state index contributed by atoms with van der Waals surface area (Å²) in [5.41, 5.74) is 2.51. The zero-order valence-corrected chi connectivity index (χ0v) is 13.6. The van der Waals surface area contributed by atoms with E-state index >= 15 is 0 Å². The number of nitrogens with zero attached hydrogens (tertiary/aromatic N) is 4. The molecule has 0 spiro atoms. The number of aromatic nitrogens is 3. The molecule has 0 aliphatic heterocycles. The number of fused-ring (bicyclic) bond motifs is 1. The molecule has 0 unspecified atom stereocenters. The van der Waals surface area contributed by atoms with Crippen molar-refractivity contribution in [3.05, 3.63) is 60.0 Å². The third-order valence-corrected chi connectivity index (χ3v) is 3.79. The van der Waals surface area contributed by atoms with Crippen LogP contribution >= 0.6 is 0 Å². The van der Waals surface area contributed by atoms with Crippen molar-refractivity contribution in [1.82, 2.24) is 19.7 Å². The zero-order chi connectivity index (χ0) is 16.4. The predicted octanol–water partition coefficient (Wildman–Crippen LogP) is 3.28. The van der Waals surface area contributed by atoms with Crippen LogP contribution in [0.15, 0.2) is 48.8 Å². The van der Waals surface area contributed by atoms with E-state index in [9.17, 15) is 4.79 Å². The first-order chi connectivity index (χ1) is 11.0. The van der Waals surface area contributed by atoms with E-state index in [2.05, 4.69) is 16.1 Å². The molecule has 3 rings (SSSR count). The van der Waals surface area contributed by atoms with Gasteiger partial charge in [-0.25, -0.2) is 0 Å². The maximum atomic E-state index is 12.5. The number of carbonyl (C=O) groups is 1. The maximum absolute atomic E-state index is 12.5. The van der Waals surface area contributed by atoms with Gasteiger partial charge >= 0.3 is 0 Å². The smallest absolute Gasteiger partial charge is 0.274 e. The lowest BCUT2D eigenvalue weighted by Gasteiger charge is -2.16. The summed E-state index contributed by atoms with van der Waals surface area (Å²) in [6.45, 7) is 4.61. The van der Waals surface area contributed by atoms with Crippen LogP contribution in [0, 0.1) is 0 Å². The standard InChI is InChI=1S/C18H20N4O/c1-13(2)22-10-8-17(20-22)18(23)21(3)12-14-6-7-16-15(11-14)5-4-9-19-16/h4-11,13H,12H2,1-3H3. The molecule has 2 aromatic heterocycles. The van der Waals surface area contributed by atoms with Crippen LogP contribution in [-0.4, -0.2) is 32.6 Å². The van der Waals surface area contributed by atoms with Gasteiger partial charge in [0.05, 0.1) is 5.52 Å². The highest BCUT2D eigenvalue weighted by Crippen LogP contribution is 2.15. The molecule has 0 aliphatic rings. The monoisotopic (exact) mass is 308 g/mol. The largest absolute Gasteiger partial charge is 0.336 e. The summed E-state index contributed by atoms with van der Waals surface area (Å²) in [6.07, 6.45) is 3.62. The van der Waals surface area contributed by atoms with Gasteiger partial charge in [0.25, 0.3) is 5.91 Å². The normalized spacial score (nSPS) is 11.1. The van der Waals surface area contributed by atoms with Crippen LogP contribution in [-0.2, 0) is 6.54 Å². The average Bonchev–Trinajstić information content (AvgIpc) is 3.04. The van der Waals surface area contributed by atoms with Crippen LogP contribution in [0.5, 0.6) is 0 Å². The molecule has 3 aromatic rings. The van der Waals surface area contributed by atoms with Gasteiger partial charge < -0.3 is 4.90 Å². The SMILES string of the molecule is CC(C)n1ccc(C(=O)N(C)Cc2ccc3ncccc3c2)n1. The minimum Gasteiger partial charge on any atom is -0.336 e. The number of hydrogen-bond donors (Lipinski definition) is 0. The van der Waals surface area contributed by atoms with Crippen LogP contribution in [0.1, 0.15) is 35.9 Å². The quantitative estimate of drug-likeness (QED) is 0.743. The Morgan fingerprint density at radius 1 is 1.26 bits per heavy atom. The van der Waals surface area contributed by atoms with Crippen molar-refractivity contribution < 1.29 is 4.79 Å². The Balaban J connectivity index is 1.76.